The Balaban J connectivity index is 1.51. The number of carbonyl (C=O) groups is 2. The second-order valence-electron chi connectivity index (χ2n) is 7.06. The summed E-state index contributed by atoms with van der Waals surface area (Å²) in [4.78, 5) is 37.6. The summed E-state index contributed by atoms with van der Waals surface area (Å²) in [6.07, 6.45) is 1.73. The zero-order valence-corrected chi connectivity index (χ0v) is 16.7. The lowest BCUT2D eigenvalue weighted by atomic mass is 9.98. The van der Waals surface area contributed by atoms with Gasteiger partial charge in [-0.25, -0.2) is 0 Å². The molecule has 0 aliphatic carbocycles. The molecule has 0 spiro atoms. The number of nitrogens with one attached hydrogen (secondary N) is 1. The van der Waals surface area contributed by atoms with Gasteiger partial charge in [0.2, 0.25) is 0 Å². The Labute approximate surface area is 179 Å². The minimum absolute atomic E-state index is 0.0698. The van der Waals surface area contributed by atoms with Crippen molar-refractivity contribution in [2.24, 2.45) is 0 Å². The van der Waals surface area contributed by atoms with Gasteiger partial charge in [0.25, 0.3) is 11.5 Å². The van der Waals surface area contributed by atoms with Crippen molar-refractivity contribution < 1.29 is 9.59 Å². The van der Waals surface area contributed by atoms with E-state index in [1.165, 1.54) is 6.07 Å². The fraction of sp³-hybridized carbons (Fsp3) is 0.0385. The van der Waals surface area contributed by atoms with Crippen molar-refractivity contribution in [2.75, 3.05) is 5.32 Å². The molecule has 3 aromatic carbocycles. The van der Waals surface area contributed by atoms with Crippen LogP contribution in [0.2, 0.25) is 0 Å². The molecule has 0 saturated carbocycles. The summed E-state index contributed by atoms with van der Waals surface area (Å²) in [5.74, 6) is -0.554. The number of hydrogen-bond acceptors (Lipinski definition) is 3. The van der Waals surface area contributed by atoms with Gasteiger partial charge in [-0.1, -0.05) is 66.7 Å². The molecule has 1 aromatic heterocycles. The number of nitrogens with zero attached hydrogens (tertiary/aromatic N) is 1. The number of pyridine rings is 1. The van der Waals surface area contributed by atoms with Crippen LogP contribution in [0.1, 0.15) is 31.8 Å². The van der Waals surface area contributed by atoms with Crippen molar-refractivity contribution in [1.82, 2.24) is 4.57 Å². The van der Waals surface area contributed by atoms with Gasteiger partial charge in [-0.15, -0.1) is 0 Å². The Morgan fingerprint density at radius 1 is 0.710 bits per heavy atom. The van der Waals surface area contributed by atoms with Crippen molar-refractivity contribution in [3.63, 3.8) is 0 Å². The molecule has 1 amide bonds. The van der Waals surface area contributed by atoms with Crippen LogP contribution in [0.5, 0.6) is 0 Å². The minimum atomic E-state index is -0.355. The fourth-order valence-corrected chi connectivity index (χ4v) is 3.30. The molecule has 0 unspecified atom stereocenters. The number of benzene rings is 3. The SMILES string of the molecule is O=C(Nc1ccc(Cn2ccccc2=O)cc1)c1ccccc1C(=O)c1ccccc1. The van der Waals surface area contributed by atoms with E-state index in [4.69, 9.17) is 0 Å². The smallest absolute Gasteiger partial charge is 0.256 e. The summed E-state index contributed by atoms with van der Waals surface area (Å²) in [5, 5.41) is 2.85. The van der Waals surface area contributed by atoms with E-state index in [9.17, 15) is 14.4 Å². The first-order valence-electron chi connectivity index (χ1n) is 9.86. The van der Waals surface area contributed by atoms with Crippen molar-refractivity contribution in [2.45, 2.75) is 6.54 Å². The van der Waals surface area contributed by atoms with Gasteiger partial charge in [-0.05, 0) is 29.8 Å². The predicted molar refractivity (Wildman–Crippen MR) is 121 cm³/mol. The molecule has 4 aromatic rings. The van der Waals surface area contributed by atoms with Gasteiger partial charge in [0.15, 0.2) is 5.78 Å². The first kappa shape index (κ1) is 20.0. The quantitative estimate of drug-likeness (QED) is 0.482. The molecule has 4 rings (SSSR count). The Morgan fingerprint density at radius 3 is 2.06 bits per heavy atom. The summed E-state index contributed by atoms with van der Waals surface area (Å²) in [6.45, 7) is 0.447. The first-order valence-corrected chi connectivity index (χ1v) is 9.86. The van der Waals surface area contributed by atoms with E-state index >= 15 is 0 Å². The van der Waals surface area contributed by atoms with Gasteiger partial charge in [0.1, 0.15) is 0 Å². The molecule has 0 fully saturated rings. The largest absolute Gasteiger partial charge is 0.322 e. The maximum atomic E-state index is 12.9. The molecule has 0 atom stereocenters. The zero-order valence-electron chi connectivity index (χ0n) is 16.7. The van der Waals surface area contributed by atoms with Gasteiger partial charge in [-0.3, -0.25) is 14.4 Å². The normalized spacial score (nSPS) is 10.5. The Bertz CT molecular complexity index is 1280. The molecule has 5 nitrogen and oxygen atoms in total. The lowest BCUT2D eigenvalue weighted by molar-refractivity contribution is 0.0996. The van der Waals surface area contributed by atoms with Crippen LogP contribution < -0.4 is 10.9 Å². The average Bonchev–Trinajstić information content (AvgIpc) is 2.82. The van der Waals surface area contributed by atoms with Gasteiger partial charge in [0, 0.05) is 29.1 Å². The first-order chi connectivity index (χ1) is 15.1. The lowest BCUT2D eigenvalue weighted by Gasteiger charge is -2.11. The van der Waals surface area contributed by atoms with E-state index in [0.29, 0.717) is 28.9 Å². The van der Waals surface area contributed by atoms with E-state index < -0.39 is 0 Å². The van der Waals surface area contributed by atoms with Crippen LogP contribution in [0, 0.1) is 0 Å². The van der Waals surface area contributed by atoms with Crippen molar-refractivity contribution in [3.05, 3.63) is 136 Å². The Kier molecular flexibility index (Phi) is 5.85. The molecular weight excluding hydrogens is 388 g/mol. The second kappa shape index (κ2) is 9.05. The van der Waals surface area contributed by atoms with Gasteiger partial charge >= 0.3 is 0 Å². The highest BCUT2D eigenvalue weighted by Gasteiger charge is 2.18. The third-order valence-electron chi connectivity index (χ3n) is 4.92. The van der Waals surface area contributed by atoms with E-state index in [1.807, 2.05) is 24.3 Å². The van der Waals surface area contributed by atoms with E-state index in [2.05, 4.69) is 5.32 Å². The maximum Gasteiger partial charge on any atom is 0.256 e. The zero-order chi connectivity index (χ0) is 21.6. The molecule has 152 valence electrons. The minimum Gasteiger partial charge on any atom is -0.322 e. The molecule has 0 bridgehead atoms. The summed E-state index contributed by atoms with van der Waals surface area (Å²) in [5.41, 5.74) is 2.67. The molecule has 31 heavy (non-hydrogen) atoms. The monoisotopic (exact) mass is 408 g/mol. The van der Waals surface area contributed by atoms with Gasteiger partial charge in [-0.2, -0.15) is 0 Å². The van der Waals surface area contributed by atoms with E-state index in [0.717, 1.165) is 5.56 Å². The number of ketones is 1. The summed E-state index contributed by atoms with van der Waals surface area (Å²) >= 11 is 0. The lowest BCUT2D eigenvalue weighted by Crippen LogP contribution is -2.18. The third-order valence-corrected chi connectivity index (χ3v) is 4.92. The van der Waals surface area contributed by atoms with Crippen LogP contribution in [0.3, 0.4) is 0 Å². The number of amides is 1. The summed E-state index contributed by atoms with van der Waals surface area (Å²) in [7, 11) is 0. The van der Waals surface area contributed by atoms with Gasteiger partial charge < -0.3 is 9.88 Å². The Hall–Kier alpha value is -4.25. The van der Waals surface area contributed by atoms with Crippen LogP contribution in [0.25, 0.3) is 0 Å². The van der Waals surface area contributed by atoms with Gasteiger partial charge in [0.05, 0.1) is 12.1 Å². The number of hydrogen-bond donors (Lipinski definition) is 1. The molecular formula is C26H20N2O3. The highest BCUT2D eigenvalue weighted by Crippen LogP contribution is 2.17. The standard InChI is InChI=1S/C26H20N2O3/c29-24-12-6-7-17-28(24)18-19-13-15-21(16-14-19)27-26(31)23-11-5-4-10-22(23)25(30)20-8-2-1-3-9-20/h1-17H,18H2,(H,27,31). The predicted octanol–water partition coefficient (Wildman–Crippen LogP) is 4.38. The number of rotatable bonds is 6. The highest BCUT2D eigenvalue weighted by atomic mass is 16.2. The second-order valence-corrected chi connectivity index (χ2v) is 7.06. The Morgan fingerprint density at radius 2 is 1.35 bits per heavy atom. The number of anilines is 1. The molecule has 0 aliphatic rings. The van der Waals surface area contributed by atoms with Crippen LogP contribution >= 0.6 is 0 Å². The van der Waals surface area contributed by atoms with E-state index in [-0.39, 0.29) is 17.2 Å². The average molecular weight is 408 g/mol. The van der Waals surface area contributed by atoms with Crippen molar-refractivity contribution in [3.8, 4) is 0 Å². The summed E-state index contributed by atoms with van der Waals surface area (Å²) in [6, 6.07) is 28.0. The van der Waals surface area contributed by atoms with Crippen molar-refractivity contribution >= 4 is 17.4 Å². The number of carbonyl (C=O) groups excluding carboxylic acids is 2. The molecule has 1 N–H and O–H groups in total. The van der Waals surface area contributed by atoms with Crippen LogP contribution in [0.4, 0.5) is 5.69 Å². The molecule has 1 heterocycles. The molecule has 0 radical (unpaired) electrons. The van der Waals surface area contributed by atoms with Crippen molar-refractivity contribution in [1.29, 1.82) is 0 Å². The van der Waals surface area contributed by atoms with E-state index in [1.54, 1.807) is 77.5 Å². The molecule has 0 saturated heterocycles. The maximum absolute atomic E-state index is 12.9. The highest BCUT2D eigenvalue weighted by molar-refractivity contribution is 6.17. The topological polar surface area (TPSA) is 68.2 Å². The van der Waals surface area contributed by atoms with Crippen LogP contribution in [-0.4, -0.2) is 16.3 Å². The number of aromatic nitrogens is 1. The molecule has 5 heteroatoms. The van der Waals surface area contributed by atoms with Crippen LogP contribution in [0.15, 0.2) is 108 Å². The fourth-order valence-electron chi connectivity index (χ4n) is 3.30. The summed E-state index contributed by atoms with van der Waals surface area (Å²) < 4.78 is 1.61. The third kappa shape index (κ3) is 4.67. The van der Waals surface area contributed by atoms with Crippen LogP contribution in [-0.2, 0) is 6.54 Å². The molecule has 0 aliphatic heterocycles.